The van der Waals surface area contributed by atoms with Crippen LogP contribution in [0.2, 0.25) is 0 Å². The van der Waals surface area contributed by atoms with Gasteiger partial charge in [0.2, 0.25) is 5.95 Å². The lowest BCUT2D eigenvalue weighted by Crippen LogP contribution is -2.16. The largest absolute Gasteiger partial charge is 0.356 e. The van der Waals surface area contributed by atoms with Crippen LogP contribution in [0.3, 0.4) is 0 Å². The highest BCUT2D eigenvalue weighted by atomic mass is 16.5. The highest BCUT2D eigenvalue weighted by molar-refractivity contribution is 5.59. The lowest BCUT2D eigenvalue weighted by Gasteiger charge is -2.12. The fourth-order valence-electron chi connectivity index (χ4n) is 2.52. The van der Waals surface area contributed by atoms with E-state index in [9.17, 15) is 0 Å². The molecular formula is C14H18N4O. The van der Waals surface area contributed by atoms with Gasteiger partial charge in [0.15, 0.2) is 5.76 Å². The molecule has 1 saturated carbocycles. The van der Waals surface area contributed by atoms with Crippen molar-refractivity contribution in [3.05, 3.63) is 23.7 Å². The van der Waals surface area contributed by atoms with Crippen LogP contribution in [0.1, 0.15) is 37.1 Å². The van der Waals surface area contributed by atoms with E-state index in [-0.39, 0.29) is 0 Å². The van der Waals surface area contributed by atoms with Gasteiger partial charge >= 0.3 is 0 Å². The van der Waals surface area contributed by atoms with Crippen molar-refractivity contribution in [2.45, 2.75) is 45.6 Å². The molecule has 2 heterocycles. The molecule has 100 valence electrons. The highest BCUT2D eigenvalue weighted by Crippen LogP contribution is 2.24. The zero-order chi connectivity index (χ0) is 13.2. The summed E-state index contributed by atoms with van der Waals surface area (Å²) >= 11 is 0. The summed E-state index contributed by atoms with van der Waals surface area (Å²) in [5.74, 6) is 1.44. The van der Waals surface area contributed by atoms with Gasteiger partial charge < -0.3 is 9.84 Å². The van der Waals surface area contributed by atoms with E-state index in [4.69, 9.17) is 4.52 Å². The molecule has 0 aromatic carbocycles. The molecule has 1 aliphatic rings. The van der Waals surface area contributed by atoms with Crippen LogP contribution >= 0.6 is 0 Å². The topological polar surface area (TPSA) is 63.8 Å². The molecule has 5 nitrogen and oxygen atoms in total. The second-order valence-corrected chi connectivity index (χ2v) is 5.15. The maximum atomic E-state index is 5.25. The molecule has 5 heteroatoms. The molecule has 0 saturated heterocycles. The van der Waals surface area contributed by atoms with Crippen molar-refractivity contribution in [1.29, 1.82) is 0 Å². The molecule has 1 fully saturated rings. The Morgan fingerprint density at radius 2 is 2.05 bits per heavy atom. The Labute approximate surface area is 112 Å². The second kappa shape index (κ2) is 4.99. The molecule has 19 heavy (non-hydrogen) atoms. The maximum absolute atomic E-state index is 5.25. The van der Waals surface area contributed by atoms with Gasteiger partial charge in [0.05, 0.1) is 17.0 Å². The Morgan fingerprint density at radius 1 is 1.26 bits per heavy atom. The minimum absolute atomic E-state index is 0.526. The van der Waals surface area contributed by atoms with Crippen molar-refractivity contribution in [2.75, 3.05) is 5.32 Å². The van der Waals surface area contributed by atoms with E-state index in [1.54, 1.807) is 6.20 Å². The van der Waals surface area contributed by atoms with Crippen LogP contribution in [0, 0.1) is 13.8 Å². The lowest BCUT2D eigenvalue weighted by atomic mass is 10.2. The van der Waals surface area contributed by atoms with E-state index in [1.165, 1.54) is 25.7 Å². The smallest absolute Gasteiger partial charge is 0.223 e. The number of aromatic nitrogens is 3. The zero-order valence-electron chi connectivity index (χ0n) is 11.3. The fourth-order valence-corrected chi connectivity index (χ4v) is 2.52. The van der Waals surface area contributed by atoms with Gasteiger partial charge in [-0.3, -0.25) is 0 Å². The Bertz CT molecular complexity index is 573. The minimum Gasteiger partial charge on any atom is -0.356 e. The van der Waals surface area contributed by atoms with Gasteiger partial charge in [-0.25, -0.2) is 9.97 Å². The van der Waals surface area contributed by atoms with Crippen molar-refractivity contribution < 1.29 is 4.52 Å². The normalized spacial score (nSPS) is 15.9. The Balaban J connectivity index is 1.81. The maximum Gasteiger partial charge on any atom is 0.223 e. The number of anilines is 1. The summed E-state index contributed by atoms with van der Waals surface area (Å²) < 4.78 is 5.25. The standard InChI is InChI=1S/C14H18N4O/c1-9-7-13(19-18-9)12-8-15-14(16-10(12)2)17-11-5-3-4-6-11/h7-8,11H,3-6H2,1-2H3,(H,15,16,17). The number of hydrogen-bond acceptors (Lipinski definition) is 5. The first-order chi connectivity index (χ1) is 9.22. The molecule has 0 amide bonds. The summed E-state index contributed by atoms with van der Waals surface area (Å²) in [4.78, 5) is 8.89. The molecule has 0 atom stereocenters. The van der Waals surface area contributed by atoms with Gasteiger partial charge in [0, 0.05) is 18.3 Å². The Kier molecular flexibility index (Phi) is 3.19. The SMILES string of the molecule is Cc1cc(-c2cnc(NC3CCCC3)nc2C)on1. The molecule has 2 aromatic rings. The summed E-state index contributed by atoms with van der Waals surface area (Å²) in [5.41, 5.74) is 2.67. The quantitative estimate of drug-likeness (QED) is 0.916. The number of aryl methyl sites for hydroxylation is 2. The van der Waals surface area contributed by atoms with Gasteiger partial charge in [-0.05, 0) is 26.7 Å². The highest BCUT2D eigenvalue weighted by Gasteiger charge is 2.16. The first-order valence-electron chi connectivity index (χ1n) is 6.76. The lowest BCUT2D eigenvalue weighted by molar-refractivity contribution is 0.426. The van der Waals surface area contributed by atoms with E-state index in [0.29, 0.717) is 12.0 Å². The van der Waals surface area contributed by atoms with E-state index >= 15 is 0 Å². The van der Waals surface area contributed by atoms with Crippen LogP contribution in [-0.4, -0.2) is 21.2 Å². The van der Waals surface area contributed by atoms with E-state index in [1.807, 2.05) is 19.9 Å². The molecule has 1 N–H and O–H groups in total. The molecule has 0 unspecified atom stereocenters. The Morgan fingerprint density at radius 3 is 2.68 bits per heavy atom. The monoisotopic (exact) mass is 258 g/mol. The molecule has 0 aliphatic heterocycles. The van der Waals surface area contributed by atoms with E-state index < -0.39 is 0 Å². The van der Waals surface area contributed by atoms with Crippen molar-refractivity contribution in [3.63, 3.8) is 0 Å². The fraction of sp³-hybridized carbons (Fsp3) is 0.500. The summed E-state index contributed by atoms with van der Waals surface area (Å²) in [6.45, 7) is 3.87. The van der Waals surface area contributed by atoms with Gasteiger partial charge in [-0.15, -0.1) is 0 Å². The van der Waals surface area contributed by atoms with Crippen molar-refractivity contribution in [1.82, 2.24) is 15.1 Å². The molecule has 0 radical (unpaired) electrons. The molecular weight excluding hydrogens is 240 g/mol. The Hall–Kier alpha value is -1.91. The van der Waals surface area contributed by atoms with Crippen molar-refractivity contribution in [2.24, 2.45) is 0 Å². The molecule has 2 aromatic heterocycles. The second-order valence-electron chi connectivity index (χ2n) is 5.15. The number of rotatable bonds is 3. The predicted octanol–water partition coefficient (Wildman–Crippen LogP) is 3.10. The minimum atomic E-state index is 0.526. The van der Waals surface area contributed by atoms with Gasteiger partial charge in [-0.1, -0.05) is 18.0 Å². The van der Waals surface area contributed by atoms with Crippen LogP contribution < -0.4 is 5.32 Å². The predicted molar refractivity (Wildman–Crippen MR) is 72.9 cm³/mol. The third-order valence-corrected chi connectivity index (χ3v) is 3.56. The first-order valence-corrected chi connectivity index (χ1v) is 6.76. The first kappa shape index (κ1) is 12.1. The molecule has 0 spiro atoms. The van der Waals surface area contributed by atoms with Crippen LogP contribution in [0.25, 0.3) is 11.3 Å². The van der Waals surface area contributed by atoms with E-state index in [2.05, 4.69) is 20.4 Å². The zero-order valence-corrected chi connectivity index (χ0v) is 11.3. The summed E-state index contributed by atoms with van der Waals surface area (Å²) in [7, 11) is 0. The van der Waals surface area contributed by atoms with Crippen LogP contribution in [0.15, 0.2) is 16.8 Å². The molecule has 1 aliphatic carbocycles. The van der Waals surface area contributed by atoms with Gasteiger partial charge in [-0.2, -0.15) is 0 Å². The number of nitrogens with zero attached hydrogens (tertiary/aromatic N) is 3. The van der Waals surface area contributed by atoms with Crippen molar-refractivity contribution >= 4 is 5.95 Å². The van der Waals surface area contributed by atoms with Crippen molar-refractivity contribution in [3.8, 4) is 11.3 Å². The van der Waals surface area contributed by atoms with E-state index in [0.717, 1.165) is 22.7 Å². The summed E-state index contributed by atoms with van der Waals surface area (Å²) in [5, 5.41) is 7.29. The molecule has 0 bridgehead atoms. The van der Waals surface area contributed by atoms with Crippen LogP contribution in [-0.2, 0) is 0 Å². The number of hydrogen-bond donors (Lipinski definition) is 1. The third kappa shape index (κ3) is 2.59. The third-order valence-electron chi connectivity index (χ3n) is 3.56. The van der Waals surface area contributed by atoms with Crippen LogP contribution in [0.4, 0.5) is 5.95 Å². The average molecular weight is 258 g/mol. The molecule has 3 rings (SSSR count). The number of nitrogens with one attached hydrogen (secondary N) is 1. The summed E-state index contributed by atoms with van der Waals surface area (Å²) in [6.07, 6.45) is 6.83. The average Bonchev–Trinajstić information content (AvgIpc) is 3.01. The van der Waals surface area contributed by atoms with Gasteiger partial charge in [0.1, 0.15) is 0 Å². The van der Waals surface area contributed by atoms with Crippen LogP contribution in [0.5, 0.6) is 0 Å². The summed E-state index contributed by atoms with van der Waals surface area (Å²) in [6, 6.07) is 2.42. The van der Waals surface area contributed by atoms with Gasteiger partial charge in [0.25, 0.3) is 0 Å².